The van der Waals surface area contributed by atoms with E-state index in [2.05, 4.69) is 15.4 Å². The fourth-order valence-electron chi connectivity index (χ4n) is 3.13. The number of rotatable bonds is 9. The van der Waals surface area contributed by atoms with Crippen LogP contribution in [0.1, 0.15) is 27.0 Å². The van der Waals surface area contributed by atoms with E-state index in [1.54, 1.807) is 49.4 Å². The highest BCUT2D eigenvalue weighted by molar-refractivity contribution is 7.92. The molecule has 0 aliphatic carbocycles. The number of benzene rings is 3. The Labute approximate surface area is 203 Å². The summed E-state index contributed by atoms with van der Waals surface area (Å²) < 4.78 is 33.6. The standard InChI is InChI=1S/C25H24N4O5S/c1-17-8-11-22(29-35(32,33)20-6-4-3-5-7-20)21(12-17)25(31)28-15-19-10-9-18(14-26)13-23(19)34-16-24(30)27-2/h3-13,29H,15-16H2,1-2H3,(H,27,30)(H,28,31). The lowest BCUT2D eigenvalue weighted by molar-refractivity contribution is -0.122. The summed E-state index contributed by atoms with van der Waals surface area (Å²) in [5, 5.41) is 14.4. The average Bonchev–Trinajstić information content (AvgIpc) is 2.87. The average molecular weight is 493 g/mol. The summed E-state index contributed by atoms with van der Waals surface area (Å²) in [5.74, 6) is -0.583. The second kappa shape index (κ2) is 11.2. The van der Waals surface area contributed by atoms with Crippen LogP contribution in [-0.4, -0.2) is 33.9 Å². The smallest absolute Gasteiger partial charge is 0.261 e. The van der Waals surface area contributed by atoms with Crippen molar-refractivity contribution in [3.8, 4) is 11.8 Å². The lowest BCUT2D eigenvalue weighted by Crippen LogP contribution is -2.27. The third-order valence-corrected chi connectivity index (χ3v) is 6.37. The van der Waals surface area contributed by atoms with E-state index < -0.39 is 15.9 Å². The minimum atomic E-state index is -3.90. The van der Waals surface area contributed by atoms with Crippen molar-refractivity contribution in [1.29, 1.82) is 5.26 Å². The van der Waals surface area contributed by atoms with Crippen molar-refractivity contribution in [2.24, 2.45) is 0 Å². The normalized spacial score (nSPS) is 10.7. The number of nitrogens with zero attached hydrogens (tertiary/aromatic N) is 1. The van der Waals surface area contributed by atoms with Gasteiger partial charge in [-0.25, -0.2) is 8.42 Å². The van der Waals surface area contributed by atoms with Gasteiger partial charge in [-0.2, -0.15) is 5.26 Å². The maximum atomic E-state index is 13.1. The maximum absolute atomic E-state index is 13.1. The van der Waals surface area contributed by atoms with Crippen LogP contribution in [0, 0.1) is 18.3 Å². The van der Waals surface area contributed by atoms with E-state index in [9.17, 15) is 18.0 Å². The van der Waals surface area contributed by atoms with Gasteiger partial charge in [-0.3, -0.25) is 14.3 Å². The van der Waals surface area contributed by atoms with E-state index in [-0.39, 0.29) is 41.0 Å². The van der Waals surface area contributed by atoms with Gasteiger partial charge in [0.1, 0.15) is 5.75 Å². The summed E-state index contributed by atoms with van der Waals surface area (Å²) >= 11 is 0. The molecule has 3 aromatic rings. The van der Waals surface area contributed by atoms with Crippen molar-refractivity contribution in [1.82, 2.24) is 10.6 Å². The van der Waals surface area contributed by atoms with E-state index in [1.165, 1.54) is 31.3 Å². The molecular weight excluding hydrogens is 468 g/mol. The van der Waals surface area contributed by atoms with Gasteiger partial charge in [0, 0.05) is 19.2 Å². The Morgan fingerprint density at radius 2 is 1.77 bits per heavy atom. The molecule has 0 aliphatic rings. The van der Waals surface area contributed by atoms with Gasteiger partial charge in [0.15, 0.2) is 6.61 Å². The molecule has 10 heteroatoms. The van der Waals surface area contributed by atoms with Gasteiger partial charge in [-0.15, -0.1) is 0 Å². The van der Waals surface area contributed by atoms with Crippen molar-refractivity contribution < 1.29 is 22.7 Å². The first-order chi connectivity index (χ1) is 16.7. The molecule has 0 radical (unpaired) electrons. The Kier molecular flexibility index (Phi) is 8.07. The topological polar surface area (TPSA) is 137 Å². The highest BCUT2D eigenvalue weighted by Crippen LogP contribution is 2.23. The Balaban J connectivity index is 1.82. The number of anilines is 1. The monoisotopic (exact) mass is 492 g/mol. The number of likely N-dealkylation sites (N-methyl/N-ethyl adjacent to an activating group) is 1. The number of ether oxygens (including phenoxy) is 1. The summed E-state index contributed by atoms with van der Waals surface area (Å²) in [6.07, 6.45) is 0. The van der Waals surface area contributed by atoms with Crippen LogP contribution in [0.25, 0.3) is 0 Å². The fourth-order valence-corrected chi connectivity index (χ4v) is 4.23. The number of nitriles is 1. The molecule has 0 saturated carbocycles. The number of sulfonamides is 1. The molecule has 2 amide bonds. The van der Waals surface area contributed by atoms with Gasteiger partial charge in [-0.05, 0) is 43.3 Å². The van der Waals surface area contributed by atoms with E-state index >= 15 is 0 Å². The number of amides is 2. The van der Waals surface area contributed by atoms with Gasteiger partial charge in [0.2, 0.25) is 0 Å². The Bertz CT molecular complexity index is 1380. The first-order valence-electron chi connectivity index (χ1n) is 10.6. The highest BCUT2D eigenvalue weighted by Gasteiger charge is 2.19. The molecule has 0 fully saturated rings. The summed E-state index contributed by atoms with van der Waals surface area (Å²) in [5.41, 5.74) is 1.92. The lowest BCUT2D eigenvalue weighted by Gasteiger charge is -2.15. The minimum absolute atomic E-state index is 0.0203. The first kappa shape index (κ1) is 25.3. The molecule has 0 bridgehead atoms. The van der Waals surface area contributed by atoms with E-state index in [1.807, 2.05) is 6.07 Å². The second-order valence-electron chi connectivity index (χ2n) is 7.55. The van der Waals surface area contributed by atoms with E-state index in [0.29, 0.717) is 11.1 Å². The maximum Gasteiger partial charge on any atom is 0.261 e. The largest absolute Gasteiger partial charge is 0.483 e. The van der Waals surface area contributed by atoms with Crippen LogP contribution in [0.15, 0.2) is 71.6 Å². The van der Waals surface area contributed by atoms with Gasteiger partial charge >= 0.3 is 0 Å². The quantitative estimate of drug-likeness (QED) is 0.420. The van der Waals surface area contributed by atoms with Gasteiger partial charge in [0.05, 0.1) is 27.8 Å². The fraction of sp³-hybridized carbons (Fsp3) is 0.160. The van der Waals surface area contributed by atoms with Crippen LogP contribution in [-0.2, 0) is 21.4 Å². The summed E-state index contributed by atoms with van der Waals surface area (Å²) in [7, 11) is -2.42. The first-order valence-corrected chi connectivity index (χ1v) is 12.0. The molecule has 180 valence electrons. The Hall–Kier alpha value is -4.36. The van der Waals surface area contributed by atoms with Crippen molar-refractivity contribution in [2.45, 2.75) is 18.4 Å². The zero-order valence-corrected chi connectivity index (χ0v) is 20.0. The molecule has 9 nitrogen and oxygen atoms in total. The number of hydrogen-bond acceptors (Lipinski definition) is 6. The van der Waals surface area contributed by atoms with Crippen LogP contribution in [0.2, 0.25) is 0 Å². The number of nitrogens with one attached hydrogen (secondary N) is 3. The van der Waals surface area contributed by atoms with Crippen LogP contribution in [0.3, 0.4) is 0 Å². The van der Waals surface area contributed by atoms with E-state index in [4.69, 9.17) is 10.00 Å². The zero-order valence-electron chi connectivity index (χ0n) is 19.2. The lowest BCUT2D eigenvalue weighted by atomic mass is 10.1. The van der Waals surface area contributed by atoms with Crippen molar-refractivity contribution >= 4 is 27.5 Å². The summed E-state index contributed by atoms with van der Waals surface area (Å²) in [6.45, 7) is 1.56. The van der Waals surface area contributed by atoms with Crippen molar-refractivity contribution in [3.63, 3.8) is 0 Å². The second-order valence-corrected chi connectivity index (χ2v) is 9.23. The zero-order chi connectivity index (χ0) is 25.4. The van der Waals surface area contributed by atoms with Crippen molar-refractivity contribution in [3.05, 3.63) is 89.0 Å². The van der Waals surface area contributed by atoms with Gasteiger partial charge < -0.3 is 15.4 Å². The SMILES string of the molecule is CNC(=O)COc1cc(C#N)ccc1CNC(=O)c1cc(C)ccc1NS(=O)(=O)c1ccccc1. The number of carbonyl (C=O) groups excluding carboxylic acids is 2. The molecule has 35 heavy (non-hydrogen) atoms. The Morgan fingerprint density at radius 1 is 1.03 bits per heavy atom. The predicted octanol–water partition coefficient (Wildman–Crippen LogP) is 2.72. The van der Waals surface area contributed by atoms with Gasteiger partial charge in [0.25, 0.3) is 21.8 Å². The molecule has 3 aromatic carbocycles. The summed E-state index contributed by atoms with van der Waals surface area (Å²) in [6, 6.07) is 19.3. The van der Waals surface area contributed by atoms with Crippen LogP contribution >= 0.6 is 0 Å². The Morgan fingerprint density at radius 3 is 2.46 bits per heavy atom. The summed E-state index contributed by atoms with van der Waals surface area (Å²) in [4.78, 5) is 24.7. The van der Waals surface area contributed by atoms with Crippen LogP contribution < -0.4 is 20.1 Å². The third-order valence-electron chi connectivity index (χ3n) is 4.99. The molecular formula is C25H24N4O5S. The molecule has 0 spiro atoms. The molecule has 3 N–H and O–H groups in total. The molecule has 0 heterocycles. The highest BCUT2D eigenvalue weighted by atomic mass is 32.2. The molecule has 0 aromatic heterocycles. The molecule has 0 saturated heterocycles. The molecule has 0 atom stereocenters. The molecule has 0 unspecified atom stereocenters. The minimum Gasteiger partial charge on any atom is -0.483 e. The van der Waals surface area contributed by atoms with Crippen LogP contribution in [0.4, 0.5) is 5.69 Å². The number of carbonyl (C=O) groups is 2. The molecule has 3 rings (SSSR count). The predicted molar refractivity (Wildman–Crippen MR) is 130 cm³/mol. The third kappa shape index (κ3) is 6.59. The van der Waals surface area contributed by atoms with E-state index in [0.717, 1.165) is 5.56 Å². The molecule has 0 aliphatic heterocycles. The van der Waals surface area contributed by atoms with Crippen molar-refractivity contribution in [2.75, 3.05) is 18.4 Å². The number of hydrogen-bond donors (Lipinski definition) is 3. The van der Waals surface area contributed by atoms with Crippen LogP contribution in [0.5, 0.6) is 5.75 Å². The van der Waals surface area contributed by atoms with Gasteiger partial charge in [-0.1, -0.05) is 35.9 Å². The number of aryl methyl sites for hydroxylation is 1.